The number of hydrogen-bond donors (Lipinski definition) is 6. The Balaban J connectivity index is 1.96. The van der Waals surface area contributed by atoms with Gasteiger partial charge in [-0.1, -0.05) is 0 Å². The van der Waals surface area contributed by atoms with Crippen LogP contribution < -0.4 is 22.5 Å². The molecule has 0 radical (unpaired) electrons. The van der Waals surface area contributed by atoms with Crippen LogP contribution in [0.15, 0.2) is 0 Å². The van der Waals surface area contributed by atoms with Gasteiger partial charge in [-0.25, -0.2) is 0 Å². The number of aliphatic hydroxyl groups excluding tert-OH is 2. The number of rotatable bonds is 4. The maximum atomic E-state index is 10.2. The quantitative estimate of drug-likeness (QED) is 0.326. The standard InChI is InChI=1S/C13H28N4O4/c1-17-6-2-7(15)12(10(19)3-6)21-13-8(16)4-9(18)11(5-14)20-13/h6-13,17-19H,2-5,14-16H2,1H3/t6-,7+,8-,9+,10-,11-,12-,13-/m1/s1. The molecule has 9 N–H and O–H groups in total. The molecule has 1 aliphatic carbocycles. The fourth-order valence-electron chi connectivity index (χ4n) is 3.10. The zero-order valence-corrected chi connectivity index (χ0v) is 12.4. The van der Waals surface area contributed by atoms with E-state index < -0.39 is 36.7 Å². The van der Waals surface area contributed by atoms with Crippen molar-refractivity contribution in [3.05, 3.63) is 0 Å². The Morgan fingerprint density at radius 3 is 2.43 bits per heavy atom. The molecule has 1 heterocycles. The lowest BCUT2D eigenvalue weighted by atomic mass is 9.86. The van der Waals surface area contributed by atoms with Crippen molar-refractivity contribution in [3.63, 3.8) is 0 Å². The molecule has 0 aromatic heterocycles. The molecule has 0 bridgehead atoms. The first-order valence-electron chi connectivity index (χ1n) is 7.51. The Kier molecular flexibility index (Phi) is 5.92. The van der Waals surface area contributed by atoms with Crippen molar-refractivity contribution in [1.82, 2.24) is 5.32 Å². The van der Waals surface area contributed by atoms with E-state index in [0.717, 1.165) is 0 Å². The molecule has 8 nitrogen and oxygen atoms in total. The number of ether oxygens (including phenoxy) is 2. The van der Waals surface area contributed by atoms with Crippen LogP contribution in [0.2, 0.25) is 0 Å². The average Bonchev–Trinajstić information content (AvgIpc) is 2.44. The third-order valence-corrected chi connectivity index (χ3v) is 4.42. The van der Waals surface area contributed by atoms with Crippen molar-refractivity contribution in [1.29, 1.82) is 0 Å². The summed E-state index contributed by atoms with van der Waals surface area (Å²) in [6.45, 7) is 0.189. The number of aliphatic hydroxyl groups is 2. The summed E-state index contributed by atoms with van der Waals surface area (Å²) < 4.78 is 11.4. The Labute approximate surface area is 124 Å². The lowest BCUT2D eigenvalue weighted by molar-refractivity contribution is -0.261. The van der Waals surface area contributed by atoms with Gasteiger partial charge in [0, 0.05) is 18.6 Å². The molecule has 0 aromatic carbocycles. The molecule has 0 unspecified atom stereocenters. The third kappa shape index (κ3) is 3.91. The van der Waals surface area contributed by atoms with E-state index in [1.807, 2.05) is 7.05 Å². The summed E-state index contributed by atoms with van der Waals surface area (Å²) in [6, 6.07) is -0.594. The fraction of sp³-hybridized carbons (Fsp3) is 1.00. The maximum absolute atomic E-state index is 10.2. The largest absolute Gasteiger partial charge is 0.390 e. The van der Waals surface area contributed by atoms with E-state index in [-0.39, 0.29) is 18.6 Å². The van der Waals surface area contributed by atoms with E-state index in [2.05, 4.69) is 5.32 Å². The minimum absolute atomic E-state index is 0.175. The molecule has 1 aliphatic heterocycles. The third-order valence-electron chi connectivity index (χ3n) is 4.42. The van der Waals surface area contributed by atoms with Crippen molar-refractivity contribution in [2.45, 2.75) is 68.1 Å². The minimum Gasteiger partial charge on any atom is -0.390 e. The van der Waals surface area contributed by atoms with Gasteiger partial charge in [0.2, 0.25) is 0 Å². The lowest BCUT2D eigenvalue weighted by Gasteiger charge is -2.43. The number of hydrogen-bond acceptors (Lipinski definition) is 8. The summed E-state index contributed by atoms with van der Waals surface area (Å²) in [5, 5.41) is 23.1. The first-order chi connectivity index (χ1) is 9.96. The summed E-state index contributed by atoms with van der Waals surface area (Å²) in [4.78, 5) is 0. The molecule has 21 heavy (non-hydrogen) atoms. The van der Waals surface area contributed by atoms with Gasteiger partial charge < -0.3 is 42.2 Å². The van der Waals surface area contributed by atoms with Crippen LogP contribution in [-0.2, 0) is 9.47 Å². The van der Waals surface area contributed by atoms with Crippen LogP contribution in [0.4, 0.5) is 0 Å². The summed E-state index contributed by atoms with van der Waals surface area (Å²) in [7, 11) is 1.85. The molecule has 124 valence electrons. The molecule has 2 rings (SSSR count). The number of nitrogens with one attached hydrogen (secondary N) is 1. The summed E-state index contributed by atoms with van der Waals surface area (Å²) in [5.74, 6) is 0. The highest BCUT2D eigenvalue weighted by Gasteiger charge is 2.41. The van der Waals surface area contributed by atoms with E-state index in [9.17, 15) is 10.2 Å². The number of nitrogens with two attached hydrogens (primary N) is 3. The summed E-state index contributed by atoms with van der Waals surface area (Å²) in [6.07, 6.45) is -1.48. The molecule has 0 spiro atoms. The molecule has 1 saturated heterocycles. The van der Waals surface area contributed by atoms with E-state index >= 15 is 0 Å². The zero-order valence-electron chi connectivity index (χ0n) is 12.4. The van der Waals surface area contributed by atoms with Crippen LogP contribution >= 0.6 is 0 Å². The van der Waals surface area contributed by atoms with E-state index in [1.54, 1.807) is 0 Å². The zero-order chi connectivity index (χ0) is 15.6. The lowest BCUT2D eigenvalue weighted by Crippen LogP contribution is -2.60. The van der Waals surface area contributed by atoms with Crippen molar-refractivity contribution in [2.24, 2.45) is 17.2 Å². The first kappa shape index (κ1) is 17.0. The van der Waals surface area contributed by atoms with Crippen LogP contribution in [0.25, 0.3) is 0 Å². The normalized spacial score (nSPS) is 48.3. The summed E-state index contributed by atoms with van der Waals surface area (Å²) >= 11 is 0. The average molecular weight is 304 g/mol. The van der Waals surface area contributed by atoms with Crippen molar-refractivity contribution < 1.29 is 19.7 Å². The highest BCUT2D eigenvalue weighted by molar-refractivity contribution is 4.94. The molecule has 1 saturated carbocycles. The molecule has 2 fully saturated rings. The van der Waals surface area contributed by atoms with Crippen molar-refractivity contribution in [2.75, 3.05) is 13.6 Å². The van der Waals surface area contributed by atoms with Crippen LogP contribution in [-0.4, -0.2) is 72.6 Å². The van der Waals surface area contributed by atoms with Crippen LogP contribution in [0.5, 0.6) is 0 Å². The Bertz CT molecular complexity index is 323. The highest BCUT2D eigenvalue weighted by atomic mass is 16.7. The predicted octanol–water partition coefficient (Wildman–Crippen LogP) is -2.80. The second-order valence-corrected chi connectivity index (χ2v) is 6.03. The van der Waals surface area contributed by atoms with Crippen molar-refractivity contribution >= 4 is 0 Å². The molecular weight excluding hydrogens is 276 g/mol. The summed E-state index contributed by atoms with van der Waals surface area (Å²) in [5.41, 5.74) is 17.6. The van der Waals surface area contributed by atoms with Gasteiger partial charge in [0.05, 0.1) is 24.4 Å². The second kappa shape index (κ2) is 7.30. The fourth-order valence-corrected chi connectivity index (χ4v) is 3.10. The monoisotopic (exact) mass is 304 g/mol. The van der Waals surface area contributed by atoms with E-state index in [4.69, 9.17) is 26.7 Å². The Morgan fingerprint density at radius 1 is 1.14 bits per heavy atom. The molecule has 0 aromatic rings. The van der Waals surface area contributed by atoms with Gasteiger partial charge in [-0.2, -0.15) is 0 Å². The predicted molar refractivity (Wildman–Crippen MR) is 77.3 cm³/mol. The van der Waals surface area contributed by atoms with Gasteiger partial charge in [0.15, 0.2) is 6.29 Å². The molecule has 0 amide bonds. The molecular formula is C13H28N4O4. The molecule has 8 heteroatoms. The van der Waals surface area contributed by atoms with Crippen LogP contribution in [0.1, 0.15) is 19.3 Å². The maximum Gasteiger partial charge on any atom is 0.173 e. The van der Waals surface area contributed by atoms with Gasteiger partial charge in [-0.15, -0.1) is 0 Å². The van der Waals surface area contributed by atoms with Crippen LogP contribution in [0, 0.1) is 0 Å². The smallest absolute Gasteiger partial charge is 0.173 e. The van der Waals surface area contributed by atoms with Gasteiger partial charge in [0.25, 0.3) is 0 Å². The van der Waals surface area contributed by atoms with Gasteiger partial charge >= 0.3 is 0 Å². The van der Waals surface area contributed by atoms with E-state index in [0.29, 0.717) is 19.3 Å². The highest BCUT2D eigenvalue weighted by Crippen LogP contribution is 2.26. The Morgan fingerprint density at radius 2 is 1.86 bits per heavy atom. The Hall–Kier alpha value is -0.320. The first-order valence-corrected chi connectivity index (χ1v) is 7.51. The van der Waals surface area contributed by atoms with Crippen LogP contribution in [0.3, 0.4) is 0 Å². The molecule has 2 aliphatic rings. The minimum atomic E-state index is -0.709. The topological polar surface area (TPSA) is 149 Å². The molecule has 8 atom stereocenters. The van der Waals surface area contributed by atoms with Gasteiger partial charge in [0.1, 0.15) is 6.10 Å². The SMILES string of the molecule is CN[C@H]1C[C@@H](O)[C@H](O[C@H]2O[C@H](CN)[C@@H](O)C[C@H]2N)[C@@H](N)C1. The van der Waals surface area contributed by atoms with Gasteiger partial charge in [-0.05, 0) is 26.3 Å². The van der Waals surface area contributed by atoms with Crippen molar-refractivity contribution in [3.8, 4) is 0 Å². The van der Waals surface area contributed by atoms with Gasteiger partial charge in [-0.3, -0.25) is 0 Å². The van der Waals surface area contributed by atoms with E-state index in [1.165, 1.54) is 0 Å². The second-order valence-electron chi connectivity index (χ2n) is 6.03.